The van der Waals surface area contributed by atoms with E-state index in [9.17, 15) is 22.8 Å². The van der Waals surface area contributed by atoms with Crippen molar-refractivity contribution in [2.24, 2.45) is 11.0 Å². The summed E-state index contributed by atoms with van der Waals surface area (Å²) in [5, 5.41) is 8.21. The minimum absolute atomic E-state index is 0.0942. The lowest BCUT2D eigenvalue weighted by molar-refractivity contribution is -0.137. The summed E-state index contributed by atoms with van der Waals surface area (Å²) in [7, 11) is 0. The molecule has 2 N–H and O–H groups in total. The highest BCUT2D eigenvalue weighted by molar-refractivity contribution is 7.08. The van der Waals surface area contributed by atoms with Crippen molar-refractivity contribution in [2.75, 3.05) is 6.54 Å². The minimum atomic E-state index is -4.55. The van der Waals surface area contributed by atoms with E-state index in [1.54, 1.807) is 6.92 Å². The molecule has 0 radical (unpaired) electrons. The molecule has 1 aliphatic heterocycles. The molecule has 0 bridgehead atoms. The first-order valence-electron chi connectivity index (χ1n) is 6.06. The molecule has 1 aromatic heterocycles. The monoisotopic (exact) mass is 319 g/mol. The molecule has 1 atom stereocenters. The Morgan fingerprint density at radius 1 is 1.48 bits per heavy atom. The third kappa shape index (κ3) is 3.41. The van der Waals surface area contributed by atoms with E-state index >= 15 is 0 Å². The second-order valence-electron chi connectivity index (χ2n) is 4.52. The van der Waals surface area contributed by atoms with Gasteiger partial charge in [-0.15, -0.1) is 0 Å². The highest BCUT2D eigenvalue weighted by atomic mass is 32.1. The third-order valence-electron chi connectivity index (χ3n) is 3.09. The predicted octanol–water partition coefficient (Wildman–Crippen LogP) is 2.01. The Hall–Kier alpha value is -1.90. The maximum atomic E-state index is 12.7. The van der Waals surface area contributed by atoms with Crippen LogP contribution in [0.25, 0.3) is 0 Å². The van der Waals surface area contributed by atoms with E-state index in [0.29, 0.717) is 12.1 Å². The summed E-state index contributed by atoms with van der Waals surface area (Å²) in [6.07, 6.45) is -4.26. The molecule has 0 aromatic carbocycles. The molecule has 21 heavy (non-hydrogen) atoms. The summed E-state index contributed by atoms with van der Waals surface area (Å²) in [4.78, 5) is 23.2. The number of hydrogen-bond acceptors (Lipinski definition) is 4. The molecule has 1 unspecified atom stereocenters. The number of thiophene rings is 1. The first-order chi connectivity index (χ1) is 9.80. The van der Waals surface area contributed by atoms with Gasteiger partial charge >= 0.3 is 6.18 Å². The van der Waals surface area contributed by atoms with Gasteiger partial charge in [-0.25, -0.2) is 5.43 Å². The number of halogens is 3. The Kier molecular flexibility index (Phi) is 4.31. The van der Waals surface area contributed by atoms with Crippen LogP contribution in [0.3, 0.4) is 0 Å². The zero-order valence-corrected chi connectivity index (χ0v) is 11.8. The number of nitrogens with one attached hydrogen (secondary N) is 2. The van der Waals surface area contributed by atoms with E-state index in [1.165, 1.54) is 0 Å². The van der Waals surface area contributed by atoms with Crippen molar-refractivity contribution in [1.82, 2.24) is 10.7 Å². The van der Waals surface area contributed by atoms with Gasteiger partial charge in [-0.3, -0.25) is 9.59 Å². The van der Waals surface area contributed by atoms with Crippen LogP contribution in [0, 0.1) is 5.92 Å². The Morgan fingerprint density at radius 2 is 2.19 bits per heavy atom. The fourth-order valence-corrected chi connectivity index (χ4v) is 2.78. The average molecular weight is 319 g/mol. The molecule has 2 heterocycles. The van der Waals surface area contributed by atoms with Gasteiger partial charge in [-0.2, -0.15) is 29.6 Å². The first kappa shape index (κ1) is 15.5. The number of rotatable bonds is 4. The highest BCUT2D eigenvalue weighted by Crippen LogP contribution is 2.34. The van der Waals surface area contributed by atoms with Gasteiger partial charge in [-0.1, -0.05) is 0 Å². The summed E-state index contributed by atoms with van der Waals surface area (Å²) >= 11 is 0.817. The SMILES string of the molecule is CC1=NNC(=O)C1CCNC(=O)c1cscc1C(F)(F)F. The zero-order valence-electron chi connectivity index (χ0n) is 11.0. The molecule has 2 amide bonds. The average Bonchev–Trinajstić information content (AvgIpc) is 2.99. The van der Waals surface area contributed by atoms with Crippen molar-refractivity contribution in [1.29, 1.82) is 0 Å². The van der Waals surface area contributed by atoms with Gasteiger partial charge in [0, 0.05) is 23.0 Å². The Morgan fingerprint density at radius 3 is 2.76 bits per heavy atom. The van der Waals surface area contributed by atoms with Crippen LogP contribution < -0.4 is 10.7 Å². The van der Waals surface area contributed by atoms with Crippen molar-refractivity contribution in [3.63, 3.8) is 0 Å². The zero-order chi connectivity index (χ0) is 15.6. The normalized spacial score (nSPS) is 18.4. The summed E-state index contributed by atoms with van der Waals surface area (Å²) < 4.78 is 38.0. The lowest BCUT2D eigenvalue weighted by atomic mass is 10.0. The molecule has 0 spiro atoms. The van der Waals surface area contributed by atoms with Crippen LogP contribution in [-0.2, 0) is 11.0 Å². The summed E-state index contributed by atoms with van der Waals surface area (Å²) in [5.74, 6) is -1.51. The van der Waals surface area contributed by atoms with Crippen LogP contribution in [0.5, 0.6) is 0 Å². The summed E-state index contributed by atoms with van der Waals surface area (Å²) in [6, 6.07) is 0. The second kappa shape index (κ2) is 5.84. The van der Waals surface area contributed by atoms with Crippen LogP contribution in [0.15, 0.2) is 15.9 Å². The molecule has 2 rings (SSSR count). The fourth-order valence-electron chi connectivity index (χ4n) is 1.95. The number of hydrazone groups is 1. The molecule has 114 valence electrons. The number of nitrogens with zero attached hydrogens (tertiary/aromatic N) is 1. The van der Waals surface area contributed by atoms with Crippen LogP contribution >= 0.6 is 11.3 Å². The molecular formula is C12H12F3N3O2S. The van der Waals surface area contributed by atoms with Crippen molar-refractivity contribution in [3.05, 3.63) is 21.9 Å². The maximum absolute atomic E-state index is 12.7. The van der Waals surface area contributed by atoms with Gasteiger partial charge in [0.05, 0.1) is 17.0 Å². The molecule has 0 saturated heterocycles. The smallest absolute Gasteiger partial charge is 0.352 e. The predicted molar refractivity (Wildman–Crippen MR) is 71.0 cm³/mol. The van der Waals surface area contributed by atoms with Gasteiger partial charge < -0.3 is 5.32 Å². The van der Waals surface area contributed by atoms with E-state index in [2.05, 4.69) is 15.8 Å². The largest absolute Gasteiger partial charge is 0.417 e. The first-order valence-corrected chi connectivity index (χ1v) is 7.00. The molecule has 1 aliphatic rings. The summed E-state index contributed by atoms with van der Waals surface area (Å²) in [5.41, 5.74) is 1.56. The van der Waals surface area contributed by atoms with Crippen LogP contribution in [0.2, 0.25) is 0 Å². The van der Waals surface area contributed by atoms with Crippen LogP contribution in [0.4, 0.5) is 13.2 Å². The van der Waals surface area contributed by atoms with E-state index in [0.717, 1.165) is 22.1 Å². The van der Waals surface area contributed by atoms with Crippen molar-refractivity contribution >= 4 is 28.9 Å². The molecule has 5 nitrogen and oxygen atoms in total. The number of carbonyl (C=O) groups excluding carboxylic acids is 2. The number of hydrogen-bond donors (Lipinski definition) is 2. The number of alkyl halides is 3. The highest BCUT2D eigenvalue weighted by Gasteiger charge is 2.36. The maximum Gasteiger partial charge on any atom is 0.417 e. The standard InChI is InChI=1S/C12H12F3N3O2S/c1-6-7(11(20)18-17-6)2-3-16-10(19)8-4-21-5-9(8)12(13,14)15/h4-5,7H,2-3H2,1H3,(H,16,19)(H,18,20). The summed E-state index contributed by atoms with van der Waals surface area (Å²) in [6.45, 7) is 1.77. The van der Waals surface area contributed by atoms with Gasteiger partial charge in [0.2, 0.25) is 5.91 Å². The lowest BCUT2D eigenvalue weighted by Gasteiger charge is -2.10. The van der Waals surface area contributed by atoms with Crippen LogP contribution in [0.1, 0.15) is 29.3 Å². The Labute approximate surface area is 122 Å². The van der Waals surface area contributed by atoms with Crippen molar-refractivity contribution in [3.8, 4) is 0 Å². The van der Waals surface area contributed by atoms with Gasteiger partial charge in [0.25, 0.3) is 5.91 Å². The Balaban J connectivity index is 1.93. The minimum Gasteiger partial charge on any atom is -0.352 e. The molecule has 0 fully saturated rings. The Bertz CT molecular complexity index is 595. The van der Waals surface area contributed by atoms with Gasteiger partial charge in [0.15, 0.2) is 0 Å². The van der Waals surface area contributed by atoms with Gasteiger partial charge in [-0.05, 0) is 13.3 Å². The third-order valence-corrected chi connectivity index (χ3v) is 3.84. The van der Waals surface area contributed by atoms with Gasteiger partial charge in [0.1, 0.15) is 0 Å². The van der Waals surface area contributed by atoms with E-state index in [-0.39, 0.29) is 12.5 Å². The second-order valence-corrected chi connectivity index (χ2v) is 5.27. The number of amides is 2. The van der Waals surface area contributed by atoms with Crippen molar-refractivity contribution in [2.45, 2.75) is 19.5 Å². The van der Waals surface area contributed by atoms with E-state index in [4.69, 9.17) is 0 Å². The quantitative estimate of drug-likeness (QED) is 0.891. The van der Waals surface area contributed by atoms with E-state index in [1.807, 2.05) is 0 Å². The molecule has 1 aromatic rings. The lowest BCUT2D eigenvalue weighted by Crippen LogP contribution is -2.31. The molecule has 0 saturated carbocycles. The van der Waals surface area contributed by atoms with Crippen LogP contribution in [-0.4, -0.2) is 24.1 Å². The van der Waals surface area contributed by atoms with Crippen molar-refractivity contribution < 1.29 is 22.8 Å². The molecule has 0 aliphatic carbocycles. The fraction of sp³-hybridized carbons (Fsp3) is 0.417. The topological polar surface area (TPSA) is 70.6 Å². The molecular weight excluding hydrogens is 307 g/mol. The molecule has 9 heteroatoms. The van der Waals surface area contributed by atoms with E-state index < -0.39 is 29.1 Å². The number of carbonyl (C=O) groups is 2.